The third-order valence-electron chi connectivity index (χ3n) is 4.70. The predicted molar refractivity (Wildman–Crippen MR) is 111 cm³/mol. The first-order valence-electron chi connectivity index (χ1n) is 8.46. The van der Waals surface area contributed by atoms with Crippen molar-refractivity contribution < 1.29 is 9.84 Å². The van der Waals surface area contributed by atoms with Gasteiger partial charge in [-0.1, -0.05) is 35.0 Å². The van der Waals surface area contributed by atoms with Gasteiger partial charge in [0.05, 0.1) is 12.1 Å². The molecule has 6 nitrogen and oxygen atoms in total. The minimum atomic E-state index is -0.930. The van der Waals surface area contributed by atoms with Crippen molar-refractivity contribution in [1.82, 2.24) is 14.8 Å². The maximum atomic E-state index is 10.9. The fourth-order valence-electron chi connectivity index (χ4n) is 3.29. The summed E-state index contributed by atoms with van der Waals surface area (Å²) in [7, 11) is 1.63. The van der Waals surface area contributed by atoms with E-state index in [4.69, 9.17) is 27.9 Å². The Balaban J connectivity index is 1.55. The van der Waals surface area contributed by atoms with Gasteiger partial charge < -0.3 is 15.2 Å². The largest absolute Gasteiger partial charge is 0.497 e. The summed E-state index contributed by atoms with van der Waals surface area (Å²) in [4.78, 5) is 4.58. The second-order valence-corrected chi connectivity index (χ2v) is 8.32. The van der Waals surface area contributed by atoms with Crippen molar-refractivity contribution in [2.45, 2.75) is 16.8 Å². The topological polar surface area (TPSA) is 72.2 Å². The summed E-state index contributed by atoms with van der Waals surface area (Å²) >= 11 is 13.8. The van der Waals surface area contributed by atoms with Crippen LogP contribution < -0.4 is 10.1 Å². The molecule has 0 aliphatic carbocycles. The van der Waals surface area contributed by atoms with E-state index in [1.807, 2.05) is 24.3 Å². The summed E-state index contributed by atoms with van der Waals surface area (Å²) in [6.07, 6.45) is 1.04. The highest BCUT2D eigenvalue weighted by molar-refractivity contribution is 8.00. The number of methoxy groups -OCH3 is 1. The molecule has 5 rings (SSSR count). The Morgan fingerprint density at radius 3 is 2.86 bits per heavy atom. The third kappa shape index (κ3) is 2.86. The lowest BCUT2D eigenvalue weighted by atomic mass is 10.0. The highest BCUT2D eigenvalue weighted by Gasteiger charge is 2.36. The minimum Gasteiger partial charge on any atom is -0.497 e. The van der Waals surface area contributed by atoms with Gasteiger partial charge in [0, 0.05) is 27.4 Å². The molecule has 0 radical (unpaired) electrons. The van der Waals surface area contributed by atoms with Crippen LogP contribution in [0.5, 0.6) is 5.75 Å². The van der Waals surface area contributed by atoms with Gasteiger partial charge >= 0.3 is 0 Å². The van der Waals surface area contributed by atoms with Crippen LogP contribution in [0.1, 0.15) is 11.8 Å². The number of aromatic nitrogens is 3. The minimum absolute atomic E-state index is 0.138. The fourth-order valence-corrected chi connectivity index (χ4v) is 4.89. The molecule has 0 saturated carbocycles. The Hall–Kier alpha value is -2.19. The van der Waals surface area contributed by atoms with Crippen LogP contribution in [0.2, 0.25) is 10.0 Å². The molecule has 2 aliphatic heterocycles. The van der Waals surface area contributed by atoms with Crippen LogP contribution in [0.4, 0.5) is 5.69 Å². The van der Waals surface area contributed by atoms with Crippen molar-refractivity contribution >= 4 is 46.7 Å². The average molecular weight is 433 g/mol. The molecule has 0 amide bonds. The molecule has 1 aromatic heterocycles. The Morgan fingerprint density at radius 2 is 2.07 bits per heavy atom. The zero-order valence-electron chi connectivity index (χ0n) is 14.6. The zero-order valence-corrected chi connectivity index (χ0v) is 16.9. The summed E-state index contributed by atoms with van der Waals surface area (Å²) in [5.74, 6) is 1.21. The smallest absolute Gasteiger partial charge is 0.191 e. The van der Waals surface area contributed by atoms with Gasteiger partial charge in [0.1, 0.15) is 11.1 Å². The molecular formula is C19H14Cl2N4O2S. The quantitative estimate of drug-likeness (QED) is 0.611. The number of fused-ring (bicyclic) bond motifs is 3. The SMILES string of the molecule is COc1ccc2c(c1)C=C1[C@H](N2)Sc2nc(-c3ccc(Cl)cc3Cl)nn2[C@@H]1O. The number of nitrogens with one attached hydrogen (secondary N) is 1. The molecule has 2 aromatic carbocycles. The van der Waals surface area contributed by atoms with Gasteiger partial charge in [-0.3, -0.25) is 0 Å². The Bertz CT molecular complexity index is 1130. The van der Waals surface area contributed by atoms with E-state index < -0.39 is 6.23 Å². The molecule has 3 heterocycles. The number of halogens is 2. The first kappa shape index (κ1) is 17.9. The number of benzene rings is 2. The molecule has 9 heteroatoms. The van der Waals surface area contributed by atoms with Gasteiger partial charge in [-0.25, -0.2) is 9.67 Å². The maximum absolute atomic E-state index is 10.9. The van der Waals surface area contributed by atoms with Crippen LogP contribution in [0.25, 0.3) is 17.5 Å². The number of thioether (sulfide) groups is 1. The van der Waals surface area contributed by atoms with E-state index in [0.717, 1.165) is 22.6 Å². The lowest BCUT2D eigenvalue weighted by Crippen LogP contribution is -2.32. The molecule has 3 aromatic rings. The average Bonchev–Trinajstić information content (AvgIpc) is 3.10. The van der Waals surface area contributed by atoms with Crippen LogP contribution in [0, 0.1) is 0 Å². The lowest BCUT2D eigenvalue weighted by molar-refractivity contribution is 0.113. The molecule has 0 spiro atoms. The van der Waals surface area contributed by atoms with Crippen molar-refractivity contribution in [2.24, 2.45) is 0 Å². The zero-order chi connectivity index (χ0) is 19.4. The standard InChI is InChI=1S/C19H14Cl2N4O2S/c1-27-11-3-5-15-9(6-11)7-13-17(22-15)28-19-23-16(24-25(19)18(13)26)12-4-2-10(20)8-14(12)21/h2-8,17-18,22,26H,1H3/t17-,18-/m1/s1. The molecule has 2 N–H and O–H groups in total. The van der Waals surface area contributed by atoms with Crippen LogP contribution in [0.15, 0.2) is 47.1 Å². The Kier molecular flexibility index (Phi) is 4.28. The van der Waals surface area contributed by atoms with Crippen molar-refractivity contribution in [3.05, 3.63) is 57.6 Å². The van der Waals surface area contributed by atoms with Gasteiger partial charge in [-0.2, -0.15) is 0 Å². The van der Waals surface area contributed by atoms with E-state index in [9.17, 15) is 5.11 Å². The molecule has 2 aliphatic rings. The van der Waals surface area contributed by atoms with Gasteiger partial charge in [0.25, 0.3) is 0 Å². The number of anilines is 1. The van der Waals surface area contributed by atoms with E-state index in [1.165, 1.54) is 16.4 Å². The lowest BCUT2D eigenvalue weighted by Gasteiger charge is -2.33. The molecule has 0 saturated heterocycles. The van der Waals surface area contributed by atoms with E-state index >= 15 is 0 Å². The molecule has 0 fully saturated rings. The van der Waals surface area contributed by atoms with E-state index in [2.05, 4.69) is 15.4 Å². The predicted octanol–water partition coefficient (Wildman–Crippen LogP) is 4.69. The summed E-state index contributed by atoms with van der Waals surface area (Å²) < 4.78 is 6.81. The normalized spacial score (nSPS) is 19.8. The second kappa shape index (κ2) is 6.70. The number of ether oxygens (including phenoxy) is 1. The first-order chi connectivity index (χ1) is 13.5. The number of hydrogen-bond acceptors (Lipinski definition) is 6. The first-order valence-corrected chi connectivity index (χ1v) is 10.1. The van der Waals surface area contributed by atoms with Crippen molar-refractivity contribution in [3.8, 4) is 17.1 Å². The van der Waals surface area contributed by atoms with E-state index in [1.54, 1.807) is 25.3 Å². The van der Waals surface area contributed by atoms with Gasteiger partial charge in [0.2, 0.25) is 0 Å². The summed E-state index contributed by atoms with van der Waals surface area (Å²) in [5, 5.41) is 20.3. The molecular weight excluding hydrogens is 419 g/mol. The van der Waals surface area contributed by atoms with Gasteiger partial charge in [-0.05, 0) is 42.5 Å². The van der Waals surface area contributed by atoms with Crippen molar-refractivity contribution in [3.63, 3.8) is 0 Å². The summed E-state index contributed by atoms with van der Waals surface area (Å²) in [6, 6.07) is 11.0. The van der Waals surface area contributed by atoms with Crippen LogP contribution >= 0.6 is 35.0 Å². The summed E-state index contributed by atoms with van der Waals surface area (Å²) in [6.45, 7) is 0. The number of aliphatic hydroxyl groups excluding tert-OH is 1. The van der Waals surface area contributed by atoms with Crippen molar-refractivity contribution in [1.29, 1.82) is 0 Å². The van der Waals surface area contributed by atoms with Gasteiger partial charge in [0.15, 0.2) is 17.2 Å². The second-order valence-electron chi connectivity index (χ2n) is 6.40. The third-order valence-corrected chi connectivity index (χ3v) is 6.36. The molecule has 28 heavy (non-hydrogen) atoms. The molecule has 0 bridgehead atoms. The van der Waals surface area contributed by atoms with Crippen LogP contribution in [0.3, 0.4) is 0 Å². The van der Waals surface area contributed by atoms with Gasteiger partial charge in [-0.15, -0.1) is 5.10 Å². The van der Waals surface area contributed by atoms with E-state index in [0.29, 0.717) is 26.6 Å². The van der Waals surface area contributed by atoms with Crippen molar-refractivity contribution in [2.75, 3.05) is 12.4 Å². The maximum Gasteiger partial charge on any atom is 0.191 e. The van der Waals surface area contributed by atoms with Crippen LogP contribution in [-0.4, -0.2) is 32.4 Å². The summed E-state index contributed by atoms with van der Waals surface area (Å²) in [5.41, 5.74) is 3.40. The number of nitrogens with zero attached hydrogens (tertiary/aromatic N) is 3. The molecule has 2 atom stereocenters. The Labute approximate surface area is 175 Å². The monoisotopic (exact) mass is 432 g/mol. The molecule has 0 unspecified atom stereocenters. The molecule has 142 valence electrons. The highest BCUT2D eigenvalue weighted by atomic mass is 35.5. The van der Waals surface area contributed by atoms with E-state index in [-0.39, 0.29) is 5.37 Å². The number of aliphatic hydroxyl groups is 1. The fraction of sp³-hybridized carbons (Fsp3) is 0.158. The highest BCUT2D eigenvalue weighted by Crippen LogP contribution is 2.44. The van der Waals surface area contributed by atoms with Crippen LogP contribution in [-0.2, 0) is 0 Å². The number of hydrogen-bond donors (Lipinski definition) is 2. The Morgan fingerprint density at radius 1 is 1.21 bits per heavy atom. The number of rotatable bonds is 2.